The fourth-order valence-corrected chi connectivity index (χ4v) is 5.30. The lowest BCUT2D eigenvalue weighted by molar-refractivity contribution is -0.134. The highest BCUT2D eigenvalue weighted by atomic mass is 16.3. The van der Waals surface area contributed by atoms with Gasteiger partial charge in [-0.05, 0) is 73.9 Å². The molecule has 34 heavy (non-hydrogen) atoms. The lowest BCUT2D eigenvalue weighted by Crippen LogP contribution is -2.39. The maximum absolute atomic E-state index is 12.3. The van der Waals surface area contributed by atoms with E-state index < -0.39 is 6.10 Å². The van der Waals surface area contributed by atoms with Crippen LogP contribution < -0.4 is 0 Å². The van der Waals surface area contributed by atoms with Crippen LogP contribution in [0.3, 0.4) is 0 Å². The Bertz CT molecular complexity index is 1340. The molecular formula is C27H33N5O2. The third-order valence-corrected chi connectivity index (χ3v) is 6.95. The molecule has 0 saturated carbocycles. The number of likely N-dealkylation sites (tertiary alicyclic amines) is 1. The third kappa shape index (κ3) is 4.20. The normalized spacial score (nSPS) is 16.1. The highest BCUT2D eigenvalue weighted by Gasteiger charge is 2.25. The number of nitrogens with one attached hydrogen (secondary N) is 1. The average molecular weight is 460 g/mol. The van der Waals surface area contributed by atoms with Gasteiger partial charge in [-0.25, -0.2) is 9.50 Å². The van der Waals surface area contributed by atoms with Gasteiger partial charge in [0, 0.05) is 35.8 Å². The molecule has 0 spiro atoms. The van der Waals surface area contributed by atoms with Gasteiger partial charge in [0.2, 0.25) is 5.91 Å². The second-order valence-corrected chi connectivity index (χ2v) is 9.96. The van der Waals surface area contributed by atoms with Gasteiger partial charge in [-0.3, -0.25) is 4.79 Å². The Balaban J connectivity index is 1.45. The molecule has 0 radical (unpaired) electrons. The van der Waals surface area contributed by atoms with Gasteiger partial charge in [0.1, 0.15) is 5.82 Å². The molecule has 1 aromatic carbocycles. The number of piperidine rings is 1. The largest absolute Gasteiger partial charge is 0.393 e. The van der Waals surface area contributed by atoms with Crippen molar-refractivity contribution in [2.45, 2.75) is 64.9 Å². The minimum atomic E-state index is -0.584. The van der Waals surface area contributed by atoms with E-state index in [0.717, 1.165) is 54.2 Å². The number of aromatic nitrogens is 4. The van der Waals surface area contributed by atoms with E-state index in [1.807, 2.05) is 28.6 Å². The summed E-state index contributed by atoms with van der Waals surface area (Å²) in [7, 11) is 0. The molecule has 4 heterocycles. The molecule has 1 fully saturated rings. The number of rotatable bonds is 5. The lowest BCUT2D eigenvalue weighted by atomic mass is 9.87. The number of pyridine rings is 1. The van der Waals surface area contributed by atoms with E-state index in [2.05, 4.69) is 53.2 Å². The second kappa shape index (κ2) is 8.87. The number of benzene rings is 1. The van der Waals surface area contributed by atoms with Gasteiger partial charge in [0.15, 0.2) is 5.65 Å². The van der Waals surface area contributed by atoms with Crippen molar-refractivity contribution in [3.8, 4) is 11.3 Å². The molecule has 3 aromatic heterocycles. The quantitative estimate of drug-likeness (QED) is 0.449. The fraction of sp³-hybridized carbons (Fsp3) is 0.444. The summed E-state index contributed by atoms with van der Waals surface area (Å²) < 4.78 is 1.85. The minimum Gasteiger partial charge on any atom is -0.393 e. The Labute approximate surface area is 199 Å². The Hall–Kier alpha value is -3.19. The summed E-state index contributed by atoms with van der Waals surface area (Å²) in [4.78, 5) is 22.3. The number of carbonyl (C=O) groups excluding carboxylic acids is 1. The molecule has 1 saturated heterocycles. The molecule has 0 unspecified atom stereocenters. The molecule has 4 aromatic rings. The number of aromatic amines is 1. The number of amides is 1. The number of fused-ring (bicyclic) bond motifs is 2. The molecule has 7 nitrogen and oxygen atoms in total. The van der Waals surface area contributed by atoms with E-state index in [1.54, 1.807) is 6.92 Å². The van der Waals surface area contributed by atoms with Crippen molar-refractivity contribution in [1.29, 1.82) is 0 Å². The lowest BCUT2D eigenvalue weighted by Gasteiger charge is -2.32. The molecule has 0 aliphatic carbocycles. The van der Waals surface area contributed by atoms with E-state index in [0.29, 0.717) is 11.8 Å². The number of aliphatic hydroxyl groups excluding tert-OH is 1. The summed E-state index contributed by atoms with van der Waals surface area (Å²) in [6.07, 6.45) is 3.58. The van der Waals surface area contributed by atoms with Crippen LogP contribution in [0.4, 0.5) is 0 Å². The second-order valence-electron chi connectivity index (χ2n) is 9.96. The molecule has 1 amide bonds. The number of nitrogens with zero attached hydrogens (tertiary/aromatic N) is 4. The molecule has 7 heteroatoms. The van der Waals surface area contributed by atoms with E-state index in [-0.39, 0.29) is 12.3 Å². The van der Waals surface area contributed by atoms with Crippen LogP contribution in [-0.4, -0.2) is 54.7 Å². The number of hydrogen-bond acceptors (Lipinski definition) is 4. The highest BCUT2D eigenvalue weighted by Crippen LogP contribution is 2.38. The Morgan fingerprint density at radius 3 is 2.65 bits per heavy atom. The first kappa shape index (κ1) is 22.6. The van der Waals surface area contributed by atoms with Crippen LogP contribution in [0, 0.1) is 6.92 Å². The summed E-state index contributed by atoms with van der Waals surface area (Å²) in [5.74, 6) is 1.61. The van der Waals surface area contributed by atoms with Crippen molar-refractivity contribution in [1.82, 2.24) is 24.5 Å². The van der Waals surface area contributed by atoms with Gasteiger partial charge in [-0.1, -0.05) is 19.9 Å². The SMILES string of the molecule is Cc1nc2ccc(-c3[nH]c4ccc(C5CCN(C(=O)C[C@H](C)O)CC5)cc4c3C(C)C)cn2n1. The zero-order valence-corrected chi connectivity index (χ0v) is 20.4. The first-order chi connectivity index (χ1) is 16.3. The number of carbonyl (C=O) groups is 1. The number of aryl methyl sites for hydroxylation is 1. The number of hydrogen-bond donors (Lipinski definition) is 2. The molecule has 2 N–H and O–H groups in total. The smallest absolute Gasteiger partial charge is 0.225 e. The maximum atomic E-state index is 12.3. The van der Waals surface area contributed by atoms with E-state index in [9.17, 15) is 9.90 Å². The predicted octanol–water partition coefficient (Wildman–Crippen LogP) is 4.79. The van der Waals surface area contributed by atoms with Crippen molar-refractivity contribution in [2.75, 3.05) is 13.1 Å². The Kier molecular flexibility index (Phi) is 5.90. The zero-order valence-electron chi connectivity index (χ0n) is 20.4. The third-order valence-electron chi connectivity index (χ3n) is 6.95. The summed E-state index contributed by atoms with van der Waals surface area (Å²) >= 11 is 0. The van der Waals surface area contributed by atoms with E-state index in [1.165, 1.54) is 16.5 Å². The van der Waals surface area contributed by atoms with Crippen molar-refractivity contribution < 1.29 is 9.90 Å². The molecule has 1 atom stereocenters. The molecular weight excluding hydrogens is 426 g/mol. The van der Waals surface area contributed by atoms with Crippen LogP contribution >= 0.6 is 0 Å². The van der Waals surface area contributed by atoms with Gasteiger partial charge in [-0.15, -0.1) is 0 Å². The van der Waals surface area contributed by atoms with Crippen LogP contribution in [-0.2, 0) is 4.79 Å². The molecule has 1 aliphatic rings. The molecule has 0 bridgehead atoms. The predicted molar refractivity (Wildman–Crippen MR) is 134 cm³/mol. The Morgan fingerprint density at radius 2 is 1.94 bits per heavy atom. The van der Waals surface area contributed by atoms with Crippen LogP contribution in [0.25, 0.3) is 27.8 Å². The summed E-state index contributed by atoms with van der Waals surface area (Å²) in [6.45, 7) is 9.56. The van der Waals surface area contributed by atoms with Crippen molar-refractivity contribution in [2.24, 2.45) is 0 Å². The van der Waals surface area contributed by atoms with Crippen LogP contribution in [0.1, 0.15) is 68.8 Å². The van der Waals surface area contributed by atoms with Crippen molar-refractivity contribution in [3.05, 3.63) is 53.5 Å². The first-order valence-corrected chi connectivity index (χ1v) is 12.2. The average Bonchev–Trinajstić information content (AvgIpc) is 3.37. The van der Waals surface area contributed by atoms with Crippen molar-refractivity contribution in [3.63, 3.8) is 0 Å². The van der Waals surface area contributed by atoms with Crippen LogP contribution in [0.2, 0.25) is 0 Å². The van der Waals surface area contributed by atoms with Crippen LogP contribution in [0.5, 0.6) is 0 Å². The van der Waals surface area contributed by atoms with Gasteiger partial charge in [-0.2, -0.15) is 5.10 Å². The van der Waals surface area contributed by atoms with E-state index in [4.69, 9.17) is 0 Å². The fourth-order valence-electron chi connectivity index (χ4n) is 5.30. The number of aliphatic hydroxyl groups is 1. The number of H-pyrrole nitrogens is 1. The molecule has 1 aliphatic heterocycles. The Morgan fingerprint density at radius 1 is 1.18 bits per heavy atom. The maximum Gasteiger partial charge on any atom is 0.225 e. The first-order valence-electron chi connectivity index (χ1n) is 12.2. The van der Waals surface area contributed by atoms with Gasteiger partial charge in [0.05, 0.1) is 18.2 Å². The minimum absolute atomic E-state index is 0.0563. The summed E-state index contributed by atoms with van der Waals surface area (Å²) in [5, 5.41) is 15.3. The van der Waals surface area contributed by atoms with Gasteiger partial charge in [0.25, 0.3) is 0 Å². The topological polar surface area (TPSA) is 86.5 Å². The zero-order chi connectivity index (χ0) is 24.0. The molecule has 5 rings (SSSR count). The van der Waals surface area contributed by atoms with Crippen molar-refractivity contribution >= 4 is 22.5 Å². The summed E-state index contributed by atoms with van der Waals surface area (Å²) in [6, 6.07) is 10.9. The standard InChI is InChI=1S/C27H33N5O2/c1-16(2)26-22-14-20(19-9-11-31(12-10-19)25(34)13-17(3)33)5-7-23(22)29-27(26)21-6-8-24-28-18(4)30-32(24)15-21/h5-8,14-17,19,29,33H,9-13H2,1-4H3/t17-/m0/s1. The van der Waals surface area contributed by atoms with Gasteiger partial charge < -0.3 is 15.0 Å². The van der Waals surface area contributed by atoms with E-state index >= 15 is 0 Å². The van der Waals surface area contributed by atoms with Gasteiger partial charge >= 0.3 is 0 Å². The summed E-state index contributed by atoms with van der Waals surface area (Å²) in [5.41, 5.74) is 6.88. The monoisotopic (exact) mass is 459 g/mol. The highest BCUT2D eigenvalue weighted by molar-refractivity contribution is 5.92. The molecule has 178 valence electrons. The van der Waals surface area contributed by atoms with Crippen LogP contribution in [0.15, 0.2) is 36.5 Å².